The molecule has 2 atom stereocenters. The molecule has 0 radical (unpaired) electrons. The Labute approximate surface area is 187 Å². The Kier molecular flexibility index (Phi) is 15.5. The van der Waals surface area contributed by atoms with Crippen LogP contribution in [0.4, 0.5) is 0 Å². The van der Waals surface area contributed by atoms with Crippen molar-refractivity contribution < 1.29 is 9.53 Å². The highest BCUT2D eigenvalue weighted by Crippen LogP contribution is 2.18. The fourth-order valence-electron chi connectivity index (χ4n) is 4.24. The van der Waals surface area contributed by atoms with Crippen LogP contribution < -0.4 is 10.6 Å². The summed E-state index contributed by atoms with van der Waals surface area (Å²) in [6.45, 7) is 16.4. The minimum Gasteiger partial charge on any atom is -0.378 e. The number of carbonyl (C=O) groups is 1. The average Bonchev–Trinajstić information content (AvgIpc) is 2.72. The molecule has 2 N–H and O–H groups in total. The van der Waals surface area contributed by atoms with Crippen molar-refractivity contribution in [2.45, 2.75) is 104 Å². The van der Waals surface area contributed by atoms with Crippen molar-refractivity contribution in [2.24, 2.45) is 11.8 Å². The van der Waals surface area contributed by atoms with Crippen molar-refractivity contribution in [1.82, 2.24) is 15.5 Å². The molecule has 5 heteroatoms. The second-order valence-electron chi connectivity index (χ2n) is 9.77. The number of hydrogen-bond acceptors (Lipinski definition) is 4. The van der Waals surface area contributed by atoms with Gasteiger partial charge < -0.3 is 20.3 Å². The van der Waals surface area contributed by atoms with Gasteiger partial charge in [-0.05, 0) is 44.7 Å². The van der Waals surface area contributed by atoms with Crippen LogP contribution in [0.1, 0.15) is 92.4 Å². The second-order valence-corrected chi connectivity index (χ2v) is 9.77. The number of piperidine rings is 1. The lowest BCUT2D eigenvalue weighted by atomic mass is 9.93. The minimum absolute atomic E-state index is 0.101. The molecule has 30 heavy (non-hydrogen) atoms. The molecule has 178 valence electrons. The van der Waals surface area contributed by atoms with Crippen molar-refractivity contribution in [3.8, 4) is 0 Å². The van der Waals surface area contributed by atoms with E-state index in [4.69, 9.17) is 4.74 Å². The van der Waals surface area contributed by atoms with Crippen LogP contribution in [0.2, 0.25) is 0 Å². The van der Waals surface area contributed by atoms with E-state index in [0.717, 1.165) is 45.0 Å². The molecule has 1 saturated heterocycles. The Hall–Kier alpha value is -0.650. The number of ether oxygens (including phenoxy) is 1. The van der Waals surface area contributed by atoms with Crippen LogP contribution in [0.5, 0.6) is 0 Å². The van der Waals surface area contributed by atoms with E-state index >= 15 is 0 Å². The van der Waals surface area contributed by atoms with Gasteiger partial charge in [0.05, 0.1) is 13.2 Å². The van der Waals surface area contributed by atoms with Crippen molar-refractivity contribution in [3.05, 3.63) is 0 Å². The van der Waals surface area contributed by atoms with Crippen molar-refractivity contribution in [3.63, 3.8) is 0 Å². The van der Waals surface area contributed by atoms with Gasteiger partial charge in [-0.15, -0.1) is 0 Å². The second kappa shape index (κ2) is 17.0. The standard InChI is InChI=1S/C25H51N3O2/c1-6-7-8-9-10-22(4)11-12-23(5)25(29)26-15-19-30-20-18-28-16-13-24(14-17-28)27-21(2)3/h21-24,27H,6-20H2,1-5H3,(H,26,29). The van der Waals surface area contributed by atoms with Crippen LogP contribution in [-0.2, 0) is 9.53 Å². The van der Waals surface area contributed by atoms with E-state index in [2.05, 4.69) is 50.2 Å². The third kappa shape index (κ3) is 13.6. The summed E-state index contributed by atoms with van der Waals surface area (Å²) in [6, 6.07) is 1.24. The molecule has 0 aromatic carbocycles. The summed E-state index contributed by atoms with van der Waals surface area (Å²) in [6.07, 6.45) is 11.2. The van der Waals surface area contributed by atoms with Gasteiger partial charge in [-0.2, -0.15) is 0 Å². The lowest BCUT2D eigenvalue weighted by Gasteiger charge is -2.33. The van der Waals surface area contributed by atoms with Gasteiger partial charge in [0.1, 0.15) is 0 Å². The first-order valence-corrected chi connectivity index (χ1v) is 12.8. The van der Waals surface area contributed by atoms with E-state index in [-0.39, 0.29) is 11.8 Å². The third-order valence-electron chi connectivity index (χ3n) is 6.34. The SMILES string of the molecule is CCCCCCC(C)CCC(C)C(=O)NCCOCCN1CCC(NC(C)C)CC1. The highest BCUT2D eigenvalue weighted by molar-refractivity contribution is 5.78. The summed E-state index contributed by atoms with van der Waals surface area (Å²) >= 11 is 0. The number of nitrogens with zero attached hydrogens (tertiary/aromatic N) is 1. The average molecular weight is 426 g/mol. The fraction of sp³-hybridized carbons (Fsp3) is 0.960. The molecule has 0 aromatic heterocycles. The highest BCUT2D eigenvalue weighted by Gasteiger charge is 2.19. The van der Waals surface area contributed by atoms with E-state index in [0.29, 0.717) is 25.2 Å². The summed E-state index contributed by atoms with van der Waals surface area (Å²) in [5, 5.41) is 6.68. The topological polar surface area (TPSA) is 53.6 Å². The first kappa shape index (κ1) is 27.4. The molecule has 1 aliphatic rings. The predicted molar refractivity (Wildman–Crippen MR) is 128 cm³/mol. The van der Waals surface area contributed by atoms with Crippen LogP contribution in [0.15, 0.2) is 0 Å². The van der Waals surface area contributed by atoms with Gasteiger partial charge in [-0.1, -0.05) is 66.7 Å². The van der Waals surface area contributed by atoms with E-state index in [9.17, 15) is 4.79 Å². The number of likely N-dealkylation sites (tertiary alicyclic amines) is 1. The van der Waals surface area contributed by atoms with Gasteiger partial charge in [-0.25, -0.2) is 0 Å². The molecular weight excluding hydrogens is 374 g/mol. The normalized spacial score (nSPS) is 17.9. The lowest BCUT2D eigenvalue weighted by Crippen LogP contribution is -2.45. The highest BCUT2D eigenvalue weighted by atomic mass is 16.5. The predicted octanol–water partition coefficient (Wildman–Crippen LogP) is 4.60. The summed E-state index contributed by atoms with van der Waals surface area (Å²) in [5.41, 5.74) is 0. The molecule has 0 spiro atoms. The van der Waals surface area contributed by atoms with Gasteiger partial charge in [0.2, 0.25) is 5.91 Å². The van der Waals surface area contributed by atoms with Gasteiger partial charge in [0.25, 0.3) is 0 Å². The Morgan fingerprint density at radius 1 is 1.00 bits per heavy atom. The summed E-state index contributed by atoms with van der Waals surface area (Å²) in [4.78, 5) is 14.7. The Balaban J connectivity index is 1.97. The van der Waals surface area contributed by atoms with Gasteiger partial charge in [0.15, 0.2) is 0 Å². The molecule has 1 heterocycles. The first-order valence-electron chi connectivity index (χ1n) is 12.8. The molecule has 0 aromatic rings. The van der Waals surface area contributed by atoms with E-state index in [1.165, 1.54) is 44.9 Å². The zero-order valence-electron chi connectivity index (χ0n) is 20.7. The van der Waals surface area contributed by atoms with Crippen LogP contribution in [0.25, 0.3) is 0 Å². The molecule has 1 amide bonds. The molecule has 0 saturated carbocycles. The van der Waals surface area contributed by atoms with E-state index in [1.54, 1.807) is 0 Å². The smallest absolute Gasteiger partial charge is 0.222 e. The van der Waals surface area contributed by atoms with Crippen LogP contribution in [-0.4, -0.2) is 62.3 Å². The molecule has 1 aliphatic heterocycles. The minimum atomic E-state index is 0.101. The number of hydrogen-bond donors (Lipinski definition) is 2. The maximum atomic E-state index is 12.3. The summed E-state index contributed by atoms with van der Waals surface area (Å²) in [5.74, 6) is 1.01. The number of nitrogens with one attached hydrogen (secondary N) is 2. The molecule has 1 rings (SSSR count). The maximum absolute atomic E-state index is 12.3. The van der Waals surface area contributed by atoms with Crippen molar-refractivity contribution in [1.29, 1.82) is 0 Å². The molecule has 1 fully saturated rings. The zero-order chi connectivity index (χ0) is 22.2. The first-order chi connectivity index (χ1) is 14.4. The molecule has 0 bridgehead atoms. The van der Waals surface area contributed by atoms with Gasteiger partial charge >= 0.3 is 0 Å². The van der Waals surface area contributed by atoms with E-state index < -0.39 is 0 Å². The summed E-state index contributed by atoms with van der Waals surface area (Å²) < 4.78 is 5.75. The summed E-state index contributed by atoms with van der Waals surface area (Å²) in [7, 11) is 0. The number of unbranched alkanes of at least 4 members (excludes halogenated alkanes) is 3. The number of amides is 1. The molecule has 2 unspecified atom stereocenters. The van der Waals surface area contributed by atoms with Gasteiger partial charge in [0, 0.05) is 31.1 Å². The lowest BCUT2D eigenvalue weighted by molar-refractivity contribution is -0.125. The van der Waals surface area contributed by atoms with Crippen LogP contribution >= 0.6 is 0 Å². The Morgan fingerprint density at radius 2 is 1.73 bits per heavy atom. The Morgan fingerprint density at radius 3 is 2.40 bits per heavy atom. The van der Waals surface area contributed by atoms with Crippen LogP contribution in [0.3, 0.4) is 0 Å². The fourth-order valence-corrected chi connectivity index (χ4v) is 4.24. The number of carbonyl (C=O) groups excluding carboxylic acids is 1. The van der Waals surface area contributed by atoms with Crippen molar-refractivity contribution in [2.75, 3.05) is 39.4 Å². The van der Waals surface area contributed by atoms with Crippen molar-refractivity contribution >= 4 is 5.91 Å². The maximum Gasteiger partial charge on any atom is 0.222 e. The van der Waals surface area contributed by atoms with Gasteiger partial charge in [-0.3, -0.25) is 4.79 Å². The quantitative estimate of drug-likeness (QED) is 0.334. The number of rotatable bonds is 17. The zero-order valence-corrected chi connectivity index (χ0v) is 20.7. The monoisotopic (exact) mass is 425 g/mol. The molecule has 5 nitrogen and oxygen atoms in total. The van der Waals surface area contributed by atoms with E-state index in [1.807, 2.05) is 0 Å². The van der Waals surface area contributed by atoms with Crippen LogP contribution in [0, 0.1) is 11.8 Å². The molecule has 0 aliphatic carbocycles. The Bertz CT molecular complexity index is 423. The largest absolute Gasteiger partial charge is 0.378 e. The third-order valence-corrected chi connectivity index (χ3v) is 6.34. The molecular formula is C25H51N3O2.